The molecule has 0 aliphatic heterocycles. The molecule has 0 radical (unpaired) electrons. The van der Waals surface area contributed by atoms with E-state index in [4.69, 9.17) is 5.41 Å². The molecule has 70 valence electrons. The number of hydrogen-bond acceptors (Lipinski definition) is 4. The van der Waals surface area contributed by atoms with Gasteiger partial charge in [0.15, 0.2) is 0 Å². The molecule has 6 heteroatoms. The standard InChI is InChI=1S/C6H13N3O2S/c1-4(2)12-9-6(10)8-5(7)11-3/h4H,1-3H3,(H3,7,8,9,10). The average molecular weight is 191 g/mol. The summed E-state index contributed by atoms with van der Waals surface area (Å²) in [5, 5.41) is 9.44. The molecule has 3 N–H and O–H groups in total. The van der Waals surface area contributed by atoms with Crippen molar-refractivity contribution >= 4 is 24.0 Å². The van der Waals surface area contributed by atoms with Crippen LogP contribution in [0.1, 0.15) is 13.8 Å². The Bertz CT molecular complexity index is 172. The molecule has 0 aliphatic rings. The molecule has 0 aromatic heterocycles. The van der Waals surface area contributed by atoms with Crippen LogP contribution in [0.4, 0.5) is 4.79 Å². The lowest BCUT2D eigenvalue weighted by atomic mass is 10.6. The van der Waals surface area contributed by atoms with E-state index in [0.29, 0.717) is 5.25 Å². The molecule has 0 aromatic rings. The number of urea groups is 1. The van der Waals surface area contributed by atoms with Crippen molar-refractivity contribution in [2.24, 2.45) is 0 Å². The van der Waals surface area contributed by atoms with Gasteiger partial charge >= 0.3 is 6.03 Å². The van der Waals surface area contributed by atoms with Crippen molar-refractivity contribution in [3.05, 3.63) is 0 Å². The first kappa shape index (κ1) is 11.1. The van der Waals surface area contributed by atoms with Gasteiger partial charge in [-0.1, -0.05) is 13.8 Å². The maximum Gasteiger partial charge on any atom is 0.332 e. The van der Waals surface area contributed by atoms with E-state index in [-0.39, 0.29) is 6.02 Å². The highest BCUT2D eigenvalue weighted by Crippen LogP contribution is 2.02. The molecule has 0 aliphatic carbocycles. The molecule has 12 heavy (non-hydrogen) atoms. The number of nitrogens with one attached hydrogen (secondary N) is 3. The minimum atomic E-state index is -0.444. The van der Waals surface area contributed by atoms with Gasteiger partial charge in [0.1, 0.15) is 0 Å². The number of amidine groups is 1. The molecule has 5 nitrogen and oxygen atoms in total. The van der Waals surface area contributed by atoms with E-state index < -0.39 is 6.03 Å². The van der Waals surface area contributed by atoms with Crippen LogP contribution in [0.15, 0.2) is 0 Å². The van der Waals surface area contributed by atoms with Crippen molar-refractivity contribution in [2.45, 2.75) is 19.1 Å². The molecular weight excluding hydrogens is 178 g/mol. The zero-order valence-electron chi connectivity index (χ0n) is 7.30. The van der Waals surface area contributed by atoms with Gasteiger partial charge in [0.25, 0.3) is 6.02 Å². The van der Waals surface area contributed by atoms with E-state index in [2.05, 4.69) is 14.8 Å². The minimum absolute atomic E-state index is 0.267. The number of hydrogen-bond donors (Lipinski definition) is 3. The van der Waals surface area contributed by atoms with E-state index >= 15 is 0 Å². The van der Waals surface area contributed by atoms with Crippen LogP contribution in [0, 0.1) is 5.41 Å². The maximum absolute atomic E-state index is 10.9. The van der Waals surface area contributed by atoms with Gasteiger partial charge in [0.2, 0.25) is 0 Å². The van der Waals surface area contributed by atoms with Gasteiger partial charge in [-0.3, -0.25) is 15.4 Å². The quantitative estimate of drug-likeness (QED) is 0.345. The molecule has 0 saturated carbocycles. The maximum atomic E-state index is 10.9. The second-order valence-electron chi connectivity index (χ2n) is 2.26. The Morgan fingerprint density at radius 2 is 2.17 bits per heavy atom. The summed E-state index contributed by atoms with van der Waals surface area (Å²) in [6, 6.07) is -0.711. The predicted molar refractivity (Wildman–Crippen MR) is 49.1 cm³/mol. The van der Waals surface area contributed by atoms with Crippen molar-refractivity contribution in [3.63, 3.8) is 0 Å². The van der Waals surface area contributed by atoms with E-state index in [1.54, 1.807) is 0 Å². The number of methoxy groups -OCH3 is 1. The summed E-state index contributed by atoms with van der Waals surface area (Å²) >= 11 is 1.28. The molecule has 0 spiro atoms. The summed E-state index contributed by atoms with van der Waals surface area (Å²) in [6.45, 7) is 3.90. The van der Waals surface area contributed by atoms with Gasteiger partial charge in [-0.05, 0) is 11.9 Å². The molecule has 0 unspecified atom stereocenters. The van der Waals surface area contributed by atoms with Gasteiger partial charge in [0, 0.05) is 5.25 Å². The fraction of sp³-hybridized carbons (Fsp3) is 0.667. The van der Waals surface area contributed by atoms with E-state index in [0.717, 1.165) is 0 Å². The topological polar surface area (TPSA) is 74.2 Å². The second-order valence-corrected chi connectivity index (χ2v) is 3.64. The Hall–Kier alpha value is -0.910. The van der Waals surface area contributed by atoms with Crippen LogP contribution >= 0.6 is 11.9 Å². The normalized spacial score (nSPS) is 9.33. The smallest absolute Gasteiger partial charge is 0.332 e. The molecule has 0 fully saturated rings. The van der Waals surface area contributed by atoms with Gasteiger partial charge < -0.3 is 4.74 Å². The zero-order chi connectivity index (χ0) is 9.56. The minimum Gasteiger partial charge on any atom is -0.468 e. The lowest BCUT2D eigenvalue weighted by Gasteiger charge is -2.07. The van der Waals surface area contributed by atoms with Crippen molar-refractivity contribution in [2.75, 3.05) is 7.11 Å². The van der Waals surface area contributed by atoms with Crippen LogP contribution < -0.4 is 10.0 Å². The first-order valence-electron chi connectivity index (χ1n) is 3.41. The number of ether oxygens (including phenoxy) is 1. The number of carbonyl (C=O) groups is 1. The summed E-state index contributed by atoms with van der Waals surface area (Å²) in [5.41, 5.74) is 0. The first-order chi connectivity index (χ1) is 5.56. The van der Waals surface area contributed by atoms with Crippen molar-refractivity contribution in [1.82, 2.24) is 10.0 Å². The highest BCUT2D eigenvalue weighted by Gasteiger charge is 2.03. The van der Waals surface area contributed by atoms with Crippen LogP contribution in [-0.4, -0.2) is 24.4 Å². The molecular formula is C6H13N3O2S. The molecule has 0 rings (SSSR count). The lowest BCUT2D eigenvalue weighted by molar-refractivity contribution is 0.247. The van der Waals surface area contributed by atoms with Crippen molar-refractivity contribution in [3.8, 4) is 0 Å². The second kappa shape index (κ2) is 5.70. The van der Waals surface area contributed by atoms with Crippen LogP contribution in [0.3, 0.4) is 0 Å². The third-order valence-corrected chi connectivity index (χ3v) is 1.59. The Labute approximate surface area is 75.9 Å². The molecule has 0 bridgehead atoms. The van der Waals surface area contributed by atoms with Gasteiger partial charge in [-0.25, -0.2) is 4.79 Å². The Kier molecular flexibility index (Phi) is 5.27. The average Bonchev–Trinajstić information content (AvgIpc) is 2.00. The van der Waals surface area contributed by atoms with Crippen LogP contribution in [0.2, 0.25) is 0 Å². The highest BCUT2D eigenvalue weighted by molar-refractivity contribution is 7.98. The third kappa shape index (κ3) is 5.84. The zero-order valence-corrected chi connectivity index (χ0v) is 8.12. The largest absolute Gasteiger partial charge is 0.468 e. The lowest BCUT2D eigenvalue weighted by Crippen LogP contribution is -2.37. The Morgan fingerprint density at radius 3 is 2.58 bits per heavy atom. The van der Waals surface area contributed by atoms with Gasteiger partial charge in [-0.2, -0.15) is 0 Å². The van der Waals surface area contributed by atoms with Crippen LogP contribution in [0.5, 0.6) is 0 Å². The number of amides is 2. The van der Waals surface area contributed by atoms with Crippen molar-refractivity contribution in [1.29, 1.82) is 5.41 Å². The van der Waals surface area contributed by atoms with Crippen LogP contribution in [-0.2, 0) is 4.74 Å². The molecule has 0 saturated heterocycles. The third-order valence-electron chi connectivity index (χ3n) is 0.819. The summed E-state index contributed by atoms with van der Waals surface area (Å²) in [5.74, 6) is 0. The summed E-state index contributed by atoms with van der Waals surface area (Å²) in [6.07, 6.45) is 0. The Balaban J connectivity index is 3.53. The van der Waals surface area contributed by atoms with Gasteiger partial charge in [-0.15, -0.1) is 0 Å². The summed E-state index contributed by atoms with van der Waals surface area (Å²) in [7, 11) is 1.32. The summed E-state index contributed by atoms with van der Waals surface area (Å²) in [4.78, 5) is 10.9. The van der Waals surface area contributed by atoms with E-state index in [9.17, 15) is 4.79 Å². The molecule has 0 heterocycles. The summed E-state index contributed by atoms with van der Waals surface area (Å²) < 4.78 is 6.92. The van der Waals surface area contributed by atoms with Crippen LogP contribution in [0.25, 0.3) is 0 Å². The highest BCUT2D eigenvalue weighted by atomic mass is 32.2. The van der Waals surface area contributed by atoms with Crippen molar-refractivity contribution < 1.29 is 9.53 Å². The van der Waals surface area contributed by atoms with Gasteiger partial charge in [0.05, 0.1) is 7.11 Å². The number of rotatable bonds is 2. The van der Waals surface area contributed by atoms with E-state index in [1.807, 2.05) is 13.8 Å². The fourth-order valence-corrected chi connectivity index (χ4v) is 0.745. The molecule has 2 amide bonds. The Morgan fingerprint density at radius 1 is 1.58 bits per heavy atom. The molecule has 0 atom stereocenters. The molecule has 0 aromatic carbocycles. The van der Waals surface area contributed by atoms with E-state index in [1.165, 1.54) is 19.1 Å². The monoisotopic (exact) mass is 191 g/mol. The number of carbonyl (C=O) groups excluding carboxylic acids is 1. The first-order valence-corrected chi connectivity index (χ1v) is 4.29. The predicted octanol–water partition coefficient (Wildman–Crippen LogP) is 0.923. The SMILES string of the molecule is COC(=N)NC(=O)NSC(C)C. The fourth-order valence-electron chi connectivity index (χ4n) is 0.351.